The highest BCUT2D eigenvalue weighted by molar-refractivity contribution is 8.00. The summed E-state index contributed by atoms with van der Waals surface area (Å²) in [5, 5.41) is 13.7. The summed E-state index contributed by atoms with van der Waals surface area (Å²) in [6.45, 7) is -0.641. The molecule has 1 N–H and O–H groups in total. The van der Waals surface area contributed by atoms with Crippen molar-refractivity contribution in [3.05, 3.63) is 30.1 Å². The summed E-state index contributed by atoms with van der Waals surface area (Å²) in [4.78, 5) is 16.9. The number of nitrogens with one attached hydrogen (secondary N) is 1. The van der Waals surface area contributed by atoms with Gasteiger partial charge in [0.15, 0.2) is 27.1 Å². The second-order valence-corrected chi connectivity index (χ2v) is 10.9. The molecule has 1 amide bonds. The maximum atomic E-state index is 13.1. The number of ether oxygens (including phenoxy) is 1. The molecule has 17 heteroatoms. The maximum absolute atomic E-state index is 13.1. The van der Waals surface area contributed by atoms with Crippen LogP contribution in [0.4, 0.5) is 22.0 Å². The van der Waals surface area contributed by atoms with Gasteiger partial charge in [0, 0.05) is 29.8 Å². The van der Waals surface area contributed by atoms with Gasteiger partial charge in [-0.05, 0) is 12.1 Å². The van der Waals surface area contributed by atoms with E-state index in [1.54, 1.807) is 11.8 Å². The zero-order valence-electron chi connectivity index (χ0n) is 18.3. The lowest BCUT2D eigenvalue weighted by molar-refractivity contribution is -0.290. The molecule has 1 saturated heterocycles. The number of fused-ring (bicyclic) bond motifs is 1. The molecule has 0 unspecified atom stereocenters. The molecule has 0 aromatic carbocycles. The first-order valence-corrected chi connectivity index (χ1v) is 13.1. The SMILES string of the molecule is CCS(=O)(=O)c1nn2c(C(=O)NC3CSC3)ccnc2c1-c1ccc(OCC(F)(F)C(F)(F)F)nn1. The highest BCUT2D eigenvalue weighted by atomic mass is 32.2. The van der Waals surface area contributed by atoms with Crippen LogP contribution in [0.3, 0.4) is 0 Å². The zero-order chi connectivity index (χ0) is 26.3. The fourth-order valence-corrected chi connectivity index (χ4v) is 4.66. The standard InChI is InChI=1S/C19H17F5N6O4S2/c1-2-36(32,33)17-14(11-3-4-13(28-27-11)34-9-18(20,21)19(22,23)24)15-25-6-5-12(30(15)29-17)16(31)26-10-7-35-8-10/h3-6,10H,2,7-9H2,1H3,(H,26,31). The number of alkyl halides is 5. The molecule has 0 atom stereocenters. The van der Waals surface area contributed by atoms with Crippen molar-refractivity contribution in [2.45, 2.75) is 30.1 Å². The fourth-order valence-electron chi connectivity index (χ4n) is 3.03. The van der Waals surface area contributed by atoms with Crippen LogP contribution < -0.4 is 10.1 Å². The monoisotopic (exact) mass is 552 g/mol. The van der Waals surface area contributed by atoms with E-state index in [0.717, 1.165) is 28.2 Å². The lowest BCUT2D eigenvalue weighted by Crippen LogP contribution is -2.44. The van der Waals surface area contributed by atoms with E-state index in [4.69, 9.17) is 0 Å². The number of halogens is 5. The van der Waals surface area contributed by atoms with Gasteiger partial charge in [0.05, 0.1) is 11.3 Å². The average Bonchev–Trinajstić information content (AvgIpc) is 3.20. The largest absolute Gasteiger partial charge is 0.470 e. The van der Waals surface area contributed by atoms with Crippen LogP contribution in [0.2, 0.25) is 0 Å². The average molecular weight is 553 g/mol. The van der Waals surface area contributed by atoms with Crippen LogP contribution in [-0.2, 0) is 9.84 Å². The Morgan fingerprint density at radius 1 is 1.19 bits per heavy atom. The number of hydrogen-bond donors (Lipinski definition) is 1. The number of rotatable bonds is 8. The minimum Gasteiger partial charge on any atom is -0.470 e. The molecule has 0 saturated carbocycles. The molecule has 194 valence electrons. The van der Waals surface area contributed by atoms with Gasteiger partial charge in [-0.3, -0.25) is 4.79 Å². The molecule has 0 radical (unpaired) electrons. The van der Waals surface area contributed by atoms with Crippen LogP contribution in [0, 0.1) is 0 Å². The number of hydrogen-bond acceptors (Lipinski definition) is 9. The first-order valence-electron chi connectivity index (χ1n) is 10.2. The Morgan fingerprint density at radius 2 is 1.92 bits per heavy atom. The van der Waals surface area contributed by atoms with Crippen molar-refractivity contribution in [1.82, 2.24) is 30.1 Å². The molecule has 3 aromatic rings. The van der Waals surface area contributed by atoms with Gasteiger partial charge in [0.2, 0.25) is 5.88 Å². The second-order valence-electron chi connectivity index (χ2n) is 7.60. The van der Waals surface area contributed by atoms with Crippen LogP contribution in [0.5, 0.6) is 5.88 Å². The van der Waals surface area contributed by atoms with E-state index < -0.39 is 45.4 Å². The van der Waals surface area contributed by atoms with Crippen molar-refractivity contribution in [2.75, 3.05) is 23.9 Å². The summed E-state index contributed by atoms with van der Waals surface area (Å²) in [7, 11) is -3.98. The molecule has 1 aliphatic heterocycles. The summed E-state index contributed by atoms with van der Waals surface area (Å²) in [6.07, 6.45) is -4.54. The van der Waals surface area contributed by atoms with Gasteiger partial charge < -0.3 is 10.1 Å². The highest BCUT2D eigenvalue weighted by Gasteiger charge is 2.58. The lowest BCUT2D eigenvalue weighted by Gasteiger charge is -2.25. The van der Waals surface area contributed by atoms with Crippen molar-refractivity contribution < 1.29 is 39.9 Å². The molecule has 0 bridgehead atoms. The van der Waals surface area contributed by atoms with Crippen molar-refractivity contribution in [2.24, 2.45) is 0 Å². The molecular weight excluding hydrogens is 535 g/mol. The molecule has 0 spiro atoms. The van der Waals surface area contributed by atoms with Crippen molar-refractivity contribution in [3.63, 3.8) is 0 Å². The third kappa shape index (κ3) is 4.93. The number of amides is 1. The Bertz CT molecular complexity index is 1390. The fraction of sp³-hybridized carbons (Fsp3) is 0.421. The van der Waals surface area contributed by atoms with Gasteiger partial charge in [0.1, 0.15) is 11.4 Å². The number of carbonyl (C=O) groups is 1. The van der Waals surface area contributed by atoms with E-state index >= 15 is 0 Å². The molecule has 4 heterocycles. The van der Waals surface area contributed by atoms with E-state index in [0.29, 0.717) is 0 Å². The van der Waals surface area contributed by atoms with Gasteiger partial charge in [-0.2, -0.15) is 38.8 Å². The normalized spacial score (nSPS) is 15.1. The van der Waals surface area contributed by atoms with Crippen LogP contribution >= 0.6 is 11.8 Å². The summed E-state index contributed by atoms with van der Waals surface area (Å²) >= 11 is 1.65. The van der Waals surface area contributed by atoms with Crippen molar-refractivity contribution in [3.8, 4) is 17.1 Å². The van der Waals surface area contributed by atoms with E-state index in [9.17, 15) is 35.2 Å². The van der Waals surface area contributed by atoms with Crippen molar-refractivity contribution in [1.29, 1.82) is 0 Å². The number of nitrogens with zero attached hydrogens (tertiary/aromatic N) is 5. The summed E-state index contributed by atoms with van der Waals surface area (Å²) in [5.74, 6) is -5.14. The van der Waals surface area contributed by atoms with Gasteiger partial charge in [-0.15, -0.1) is 10.2 Å². The van der Waals surface area contributed by atoms with Crippen LogP contribution in [0.1, 0.15) is 17.4 Å². The van der Waals surface area contributed by atoms with E-state index in [1.807, 2.05) is 0 Å². The Morgan fingerprint density at radius 3 is 2.47 bits per heavy atom. The van der Waals surface area contributed by atoms with E-state index in [-0.39, 0.29) is 34.4 Å². The predicted molar refractivity (Wildman–Crippen MR) is 117 cm³/mol. The first-order chi connectivity index (χ1) is 16.8. The summed E-state index contributed by atoms with van der Waals surface area (Å²) in [5.41, 5.74) is -0.292. The highest BCUT2D eigenvalue weighted by Crippen LogP contribution is 2.36. The number of thioether (sulfide) groups is 1. The van der Waals surface area contributed by atoms with Crippen LogP contribution in [0.15, 0.2) is 29.4 Å². The molecule has 3 aromatic heterocycles. The Labute approximate surface area is 204 Å². The summed E-state index contributed by atoms with van der Waals surface area (Å²) < 4.78 is 94.3. The minimum atomic E-state index is -5.81. The number of sulfone groups is 1. The Kier molecular flexibility index (Phi) is 6.80. The Hall–Kier alpha value is -3.08. The third-order valence-electron chi connectivity index (χ3n) is 5.08. The number of aromatic nitrogens is 5. The number of carbonyl (C=O) groups excluding carboxylic acids is 1. The van der Waals surface area contributed by atoms with Crippen LogP contribution in [-0.4, -0.2) is 81.1 Å². The molecule has 4 rings (SSSR count). The van der Waals surface area contributed by atoms with Gasteiger partial charge in [-0.25, -0.2) is 17.9 Å². The molecular formula is C19H17F5N6O4S2. The third-order valence-corrected chi connectivity index (χ3v) is 7.99. The van der Waals surface area contributed by atoms with Gasteiger partial charge in [0.25, 0.3) is 5.91 Å². The molecule has 0 aliphatic carbocycles. The van der Waals surface area contributed by atoms with E-state index in [2.05, 4.69) is 30.3 Å². The quantitative estimate of drug-likeness (QED) is 0.419. The first kappa shape index (κ1) is 26.0. The zero-order valence-corrected chi connectivity index (χ0v) is 19.9. The minimum absolute atomic E-state index is 0.0120. The van der Waals surface area contributed by atoms with Gasteiger partial charge in [-0.1, -0.05) is 6.92 Å². The molecule has 36 heavy (non-hydrogen) atoms. The second kappa shape index (κ2) is 9.42. The predicted octanol–water partition coefficient (Wildman–Crippen LogP) is 2.40. The van der Waals surface area contributed by atoms with Gasteiger partial charge >= 0.3 is 12.1 Å². The lowest BCUT2D eigenvalue weighted by atomic mass is 10.2. The van der Waals surface area contributed by atoms with Crippen LogP contribution in [0.25, 0.3) is 16.9 Å². The topological polar surface area (TPSA) is 128 Å². The maximum Gasteiger partial charge on any atom is 0.456 e. The molecule has 10 nitrogen and oxygen atoms in total. The Balaban J connectivity index is 1.72. The molecule has 1 aliphatic rings. The van der Waals surface area contributed by atoms with Crippen molar-refractivity contribution >= 4 is 33.2 Å². The van der Waals surface area contributed by atoms with E-state index in [1.165, 1.54) is 19.2 Å². The molecule has 1 fully saturated rings. The smallest absolute Gasteiger partial charge is 0.456 e. The summed E-state index contributed by atoms with van der Waals surface area (Å²) in [6, 6.07) is 3.38.